The highest BCUT2D eigenvalue weighted by Crippen LogP contribution is 2.22. The third-order valence-electron chi connectivity index (χ3n) is 5.62. The van der Waals surface area contributed by atoms with Gasteiger partial charge in [0.05, 0.1) is 12.5 Å². The fourth-order valence-corrected chi connectivity index (χ4v) is 3.82. The van der Waals surface area contributed by atoms with E-state index in [4.69, 9.17) is 4.84 Å². The fraction of sp³-hybridized carbons (Fsp3) is 0.120. The van der Waals surface area contributed by atoms with Crippen LogP contribution >= 0.6 is 0 Å². The summed E-state index contributed by atoms with van der Waals surface area (Å²) >= 11 is 0. The molecule has 34 heavy (non-hydrogen) atoms. The Kier molecular flexibility index (Phi) is 5.52. The maximum atomic E-state index is 13.1. The van der Waals surface area contributed by atoms with Crippen LogP contribution in [0.2, 0.25) is 0 Å². The number of pyridine rings is 1. The predicted octanol–water partition coefficient (Wildman–Crippen LogP) is 3.86. The summed E-state index contributed by atoms with van der Waals surface area (Å²) in [7, 11) is 1.31. The van der Waals surface area contributed by atoms with E-state index in [0.29, 0.717) is 11.6 Å². The molecular weight excluding hydrogens is 432 g/mol. The highest BCUT2D eigenvalue weighted by molar-refractivity contribution is 5.96. The first-order chi connectivity index (χ1) is 16.6. The molecule has 5 aromatic rings. The smallest absolute Gasteiger partial charge is 0.280 e. The summed E-state index contributed by atoms with van der Waals surface area (Å²) in [6, 6.07) is 15.7. The second kappa shape index (κ2) is 8.80. The quantitative estimate of drug-likeness (QED) is 0.336. The van der Waals surface area contributed by atoms with E-state index in [1.54, 1.807) is 4.57 Å². The number of fused-ring (bicyclic) bond motifs is 2. The molecule has 3 aromatic heterocycles. The zero-order valence-electron chi connectivity index (χ0n) is 18.6. The van der Waals surface area contributed by atoms with Gasteiger partial charge in [0, 0.05) is 35.5 Å². The average molecular weight is 454 g/mol. The maximum Gasteiger partial charge on any atom is 0.280 e. The molecule has 0 aliphatic carbocycles. The number of carbonyl (C=O) groups is 1. The van der Waals surface area contributed by atoms with Crippen LogP contribution in [0.3, 0.4) is 0 Å². The van der Waals surface area contributed by atoms with Crippen LogP contribution in [0.5, 0.6) is 0 Å². The van der Waals surface area contributed by atoms with E-state index in [1.807, 2.05) is 54.7 Å². The first-order valence-electron chi connectivity index (χ1n) is 10.8. The van der Waals surface area contributed by atoms with Gasteiger partial charge in [0.15, 0.2) is 5.65 Å². The van der Waals surface area contributed by atoms with Crippen molar-refractivity contribution in [3.05, 3.63) is 88.5 Å². The lowest BCUT2D eigenvalue weighted by atomic mass is 10.1. The van der Waals surface area contributed by atoms with Crippen LogP contribution in [0.25, 0.3) is 27.6 Å². The van der Waals surface area contributed by atoms with Gasteiger partial charge in [0.1, 0.15) is 5.56 Å². The van der Waals surface area contributed by atoms with E-state index in [9.17, 15) is 9.59 Å². The predicted molar refractivity (Wildman–Crippen MR) is 131 cm³/mol. The van der Waals surface area contributed by atoms with Gasteiger partial charge in [-0.1, -0.05) is 25.1 Å². The first-order valence-corrected chi connectivity index (χ1v) is 10.8. The van der Waals surface area contributed by atoms with Crippen LogP contribution in [0.4, 0.5) is 11.6 Å². The number of carbonyl (C=O) groups excluding carboxylic acids is 1. The number of amides is 1. The standard InChI is InChI=1S/C25H22N6O3/c1-3-15-4-8-18(9-5-15)31-14-20(24(33)30-34-2)22(32)19-13-27-25(29-23(19)31)28-17-7-6-16-10-11-26-21(16)12-17/h4-14,26H,3H2,1-2H3,(H,30,33)(H,27,28,29). The third-order valence-corrected chi connectivity index (χ3v) is 5.62. The fourth-order valence-electron chi connectivity index (χ4n) is 3.82. The Labute approximate surface area is 194 Å². The van der Waals surface area contributed by atoms with Crippen LogP contribution in [0, 0.1) is 0 Å². The topological polar surface area (TPSA) is 114 Å². The lowest BCUT2D eigenvalue weighted by Gasteiger charge is -2.14. The van der Waals surface area contributed by atoms with Gasteiger partial charge in [-0.15, -0.1) is 0 Å². The zero-order chi connectivity index (χ0) is 23.7. The van der Waals surface area contributed by atoms with E-state index >= 15 is 0 Å². The molecule has 0 aliphatic heterocycles. The van der Waals surface area contributed by atoms with Crippen LogP contribution in [-0.4, -0.2) is 32.5 Å². The van der Waals surface area contributed by atoms with Gasteiger partial charge in [0.25, 0.3) is 5.91 Å². The zero-order valence-corrected chi connectivity index (χ0v) is 18.6. The van der Waals surface area contributed by atoms with Crippen molar-refractivity contribution in [3.63, 3.8) is 0 Å². The number of H-pyrrole nitrogens is 1. The minimum absolute atomic E-state index is 0.0737. The van der Waals surface area contributed by atoms with Crippen LogP contribution < -0.4 is 16.2 Å². The van der Waals surface area contributed by atoms with Gasteiger partial charge < -0.3 is 14.9 Å². The largest absolute Gasteiger partial charge is 0.361 e. The molecule has 1 amide bonds. The van der Waals surface area contributed by atoms with Crippen molar-refractivity contribution >= 4 is 39.5 Å². The summed E-state index contributed by atoms with van der Waals surface area (Å²) in [5.41, 5.74) is 5.74. The van der Waals surface area contributed by atoms with E-state index in [-0.39, 0.29) is 10.9 Å². The molecular formula is C25H22N6O3. The number of aromatic amines is 1. The Balaban J connectivity index is 1.65. The van der Waals surface area contributed by atoms with E-state index in [0.717, 1.165) is 28.7 Å². The molecule has 2 aromatic carbocycles. The Hall–Kier alpha value is -4.50. The van der Waals surface area contributed by atoms with Crippen molar-refractivity contribution in [1.29, 1.82) is 0 Å². The lowest BCUT2D eigenvalue weighted by Crippen LogP contribution is -2.29. The number of hydrogen-bond donors (Lipinski definition) is 3. The molecule has 3 heterocycles. The van der Waals surface area contributed by atoms with Gasteiger partial charge in [-0.25, -0.2) is 10.5 Å². The summed E-state index contributed by atoms with van der Waals surface area (Å²) < 4.78 is 1.71. The SMILES string of the molecule is CCc1ccc(-n2cc(C(=O)NOC)c(=O)c3cnc(Nc4ccc5cc[nH]c5c4)nc32)cc1. The van der Waals surface area contributed by atoms with Crippen molar-refractivity contribution < 1.29 is 9.63 Å². The molecule has 0 bridgehead atoms. The lowest BCUT2D eigenvalue weighted by molar-refractivity contribution is 0.0536. The minimum Gasteiger partial charge on any atom is -0.361 e. The molecule has 9 nitrogen and oxygen atoms in total. The number of aryl methyl sites for hydroxylation is 1. The Morgan fingerprint density at radius 2 is 1.97 bits per heavy atom. The minimum atomic E-state index is -0.644. The number of aromatic nitrogens is 4. The molecule has 0 spiro atoms. The number of benzene rings is 2. The number of rotatable bonds is 6. The molecule has 0 unspecified atom stereocenters. The van der Waals surface area contributed by atoms with Crippen molar-refractivity contribution in [3.8, 4) is 5.69 Å². The van der Waals surface area contributed by atoms with Gasteiger partial charge in [-0.2, -0.15) is 4.98 Å². The Morgan fingerprint density at radius 3 is 2.74 bits per heavy atom. The Morgan fingerprint density at radius 1 is 1.15 bits per heavy atom. The summed E-state index contributed by atoms with van der Waals surface area (Å²) in [5, 5.41) is 4.51. The highest BCUT2D eigenvalue weighted by atomic mass is 16.6. The van der Waals surface area contributed by atoms with Gasteiger partial charge in [-0.05, 0) is 47.7 Å². The second-order valence-corrected chi connectivity index (χ2v) is 7.73. The summed E-state index contributed by atoms with van der Waals surface area (Å²) in [4.78, 5) is 42.4. The number of hydroxylamine groups is 1. The molecule has 3 N–H and O–H groups in total. The Bertz CT molecular complexity index is 1570. The molecule has 170 valence electrons. The summed E-state index contributed by atoms with van der Waals surface area (Å²) in [5.74, 6) is -0.319. The monoisotopic (exact) mass is 454 g/mol. The molecule has 0 saturated heterocycles. The van der Waals surface area contributed by atoms with E-state index < -0.39 is 11.3 Å². The van der Waals surface area contributed by atoms with E-state index in [2.05, 4.69) is 32.7 Å². The van der Waals surface area contributed by atoms with Crippen LogP contribution in [0.15, 0.2) is 71.9 Å². The average Bonchev–Trinajstić information content (AvgIpc) is 3.32. The number of nitrogens with one attached hydrogen (secondary N) is 3. The van der Waals surface area contributed by atoms with Gasteiger partial charge >= 0.3 is 0 Å². The first kappa shape index (κ1) is 21.4. The molecule has 0 saturated carbocycles. The number of anilines is 2. The molecule has 0 fully saturated rings. The van der Waals surface area contributed by atoms with Crippen LogP contribution in [-0.2, 0) is 11.3 Å². The normalized spacial score (nSPS) is 11.1. The van der Waals surface area contributed by atoms with Crippen molar-refractivity contribution in [2.24, 2.45) is 0 Å². The number of nitrogens with zero attached hydrogens (tertiary/aromatic N) is 3. The van der Waals surface area contributed by atoms with E-state index in [1.165, 1.54) is 25.1 Å². The van der Waals surface area contributed by atoms with Crippen molar-refractivity contribution in [1.82, 2.24) is 25.0 Å². The molecule has 0 aliphatic rings. The number of hydrogen-bond acceptors (Lipinski definition) is 6. The van der Waals surface area contributed by atoms with Gasteiger partial charge in [-0.3, -0.25) is 14.4 Å². The molecule has 0 atom stereocenters. The molecule has 0 radical (unpaired) electrons. The van der Waals surface area contributed by atoms with Crippen molar-refractivity contribution in [2.75, 3.05) is 12.4 Å². The van der Waals surface area contributed by atoms with Crippen LogP contribution in [0.1, 0.15) is 22.8 Å². The van der Waals surface area contributed by atoms with Gasteiger partial charge in [0.2, 0.25) is 11.4 Å². The molecule has 5 rings (SSSR count). The third kappa shape index (κ3) is 3.89. The molecule has 9 heteroatoms. The summed E-state index contributed by atoms with van der Waals surface area (Å²) in [6.45, 7) is 2.08. The second-order valence-electron chi connectivity index (χ2n) is 7.73. The van der Waals surface area contributed by atoms with Crippen molar-refractivity contribution in [2.45, 2.75) is 13.3 Å². The maximum absolute atomic E-state index is 13.1. The highest BCUT2D eigenvalue weighted by Gasteiger charge is 2.18. The summed E-state index contributed by atoms with van der Waals surface area (Å²) in [6.07, 6.45) is 5.68.